The van der Waals surface area contributed by atoms with Gasteiger partial charge in [-0.1, -0.05) is 37.4 Å². The van der Waals surface area contributed by atoms with Crippen molar-refractivity contribution in [1.82, 2.24) is 0 Å². The van der Waals surface area contributed by atoms with E-state index in [0.29, 0.717) is 22.2 Å². The number of nitrogens with two attached hydrogens (primary N) is 1. The lowest BCUT2D eigenvalue weighted by Gasteiger charge is -2.40. The van der Waals surface area contributed by atoms with Crippen LogP contribution < -0.4 is 10.6 Å². The van der Waals surface area contributed by atoms with E-state index in [9.17, 15) is 9.59 Å². The van der Waals surface area contributed by atoms with Gasteiger partial charge < -0.3 is 10.6 Å². The molecule has 3 rings (SSSR count). The first-order valence-corrected chi connectivity index (χ1v) is 8.25. The molecule has 1 amide bonds. The molecule has 1 saturated carbocycles. The summed E-state index contributed by atoms with van der Waals surface area (Å²) in [5, 5.41) is 0.353. The number of anilines is 1. The van der Waals surface area contributed by atoms with Crippen molar-refractivity contribution in [2.45, 2.75) is 38.6 Å². The maximum absolute atomic E-state index is 13.0. The molecule has 0 spiro atoms. The lowest BCUT2D eigenvalue weighted by atomic mass is 9.83. The summed E-state index contributed by atoms with van der Waals surface area (Å²) < 4.78 is 0. The van der Waals surface area contributed by atoms with Gasteiger partial charge in [-0.3, -0.25) is 9.59 Å². The number of benzene rings is 1. The summed E-state index contributed by atoms with van der Waals surface area (Å²) in [6, 6.07) is 5.24. The predicted octanol–water partition coefficient (Wildman–Crippen LogP) is 3.49. The third kappa shape index (κ3) is 2.65. The van der Waals surface area contributed by atoms with Gasteiger partial charge in [0.25, 0.3) is 5.91 Å². The number of rotatable bonds is 1. The predicted molar refractivity (Wildman–Crippen MR) is 91.3 cm³/mol. The molecule has 1 aliphatic heterocycles. The fourth-order valence-electron chi connectivity index (χ4n) is 3.60. The van der Waals surface area contributed by atoms with E-state index in [0.717, 1.165) is 25.7 Å². The monoisotopic (exact) mass is 331 g/mol. The normalized spacial score (nSPS) is 27.0. The maximum Gasteiger partial charge on any atom is 0.264 e. The Bertz CT molecular complexity index is 707. The van der Waals surface area contributed by atoms with Gasteiger partial charge in [0.1, 0.15) is 5.57 Å². The van der Waals surface area contributed by atoms with E-state index in [2.05, 4.69) is 6.92 Å². The van der Waals surface area contributed by atoms with Crippen LogP contribution in [0.25, 0.3) is 0 Å². The minimum Gasteiger partial charge on any atom is -0.402 e. The Morgan fingerprint density at radius 2 is 2.09 bits per heavy atom. The van der Waals surface area contributed by atoms with Gasteiger partial charge in [-0.05, 0) is 37.8 Å². The highest BCUT2D eigenvalue weighted by Crippen LogP contribution is 2.40. The number of fused-ring (bicyclic) bond motifs is 1. The van der Waals surface area contributed by atoms with Gasteiger partial charge in [-0.25, -0.2) is 0 Å². The van der Waals surface area contributed by atoms with Crippen molar-refractivity contribution in [2.24, 2.45) is 11.7 Å². The van der Waals surface area contributed by atoms with Gasteiger partial charge in [0, 0.05) is 11.7 Å². The minimum atomic E-state index is -0.381. The first kappa shape index (κ1) is 16.1. The summed E-state index contributed by atoms with van der Waals surface area (Å²) in [7, 11) is 0. The zero-order valence-electron chi connectivity index (χ0n) is 13.1. The molecule has 2 atom stereocenters. The number of allylic oxidation sites excluding steroid dienone is 1. The molecule has 0 saturated heterocycles. The first-order chi connectivity index (χ1) is 10.9. The highest BCUT2D eigenvalue weighted by molar-refractivity contribution is 6.42. The molecular formula is C18H20ClN2O2. The topological polar surface area (TPSA) is 63.4 Å². The van der Waals surface area contributed by atoms with Crippen LogP contribution >= 0.6 is 11.6 Å². The quantitative estimate of drug-likeness (QED) is 0.633. The fraction of sp³-hybridized carbons (Fsp3) is 0.389. The Hall–Kier alpha value is -1.81. The van der Waals surface area contributed by atoms with Gasteiger partial charge in [-0.2, -0.15) is 0 Å². The number of nitrogens with zero attached hydrogens (tertiary/aromatic N) is 1. The van der Waals surface area contributed by atoms with Crippen molar-refractivity contribution in [2.75, 3.05) is 4.90 Å². The molecule has 0 aromatic heterocycles. The average Bonchev–Trinajstić information content (AvgIpc) is 2.46. The molecule has 1 aliphatic carbocycles. The standard InChI is InChI=1S/C18H20ClN2O2/c1-10-5-3-6-12(9-10)21-14-8-4-7-13(19)16(14)17(22)15(11(2)20)18(21)23/h4,7-8,10,12H,1,3,5-6,9,20H2,2H3. The minimum absolute atomic E-state index is 0.0263. The van der Waals surface area contributed by atoms with Crippen LogP contribution in [0.15, 0.2) is 29.5 Å². The molecule has 5 heteroatoms. The molecule has 2 aliphatic rings. The molecule has 4 nitrogen and oxygen atoms in total. The third-order valence-corrected chi connectivity index (χ3v) is 4.97. The number of hydrogen-bond donors (Lipinski definition) is 1. The van der Waals surface area contributed by atoms with Crippen LogP contribution in [-0.4, -0.2) is 17.7 Å². The van der Waals surface area contributed by atoms with Gasteiger partial charge in [0.05, 0.1) is 16.3 Å². The molecular weight excluding hydrogens is 312 g/mol. The summed E-state index contributed by atoms with van der Waals surface area (Å²) in [6.07, 6.45) is 3.81. The molecule has 2 unspecified atom stereocenters. The highest BCUT2D eigenvalue weighted by atomic mass is 35.5. The van der Waals surface area contributed by atoms with E-state index in [4.69, 9.17) is 17.3 Å². The molecule has 1 heterocycles. The Kier molecular flexibility index (Phi) is 4.19. The molecule has 121 valence electrons. The second-order valence-electron chi connectivity index (χ2n) is 6.38. The Balaban J connectivity index is 2.17. The number of hydrogen-bond acceptors (Lipinski definition) is 3. The molecule has 2 N–H and O–H groups in total. The van der Waals surface area contributed by atoms with E-state index in [1.165, 1.54) is 0 Å². The fourth-order valence-corrected chi connectivity index (χ4v) is 3.85. The Morgan fingerprint density at radius 1 is 1.35 bits per heavy atom. The highest BCUT2D eigenvalue weighted by Gasteiger charge is 2.41. The van der Waals surface area contributed by atoms with Gasteiger partial charge in [0.15, 0.2) is 0 Å². The number of carbonyl (C=O) groups is 2. The maximum atomic E-state index is 13.0. The molecule has 0 bridgehead atoms. The Morgan fingerprint density at radius 3 is 2.74 bits per heavy atom. The van der Waals surface area contributed by atoms with E-state index in [-0.39, 0.29) is 29.0 Å². The van der Waals surface area contributed by atoms with Crippen molar-refractivity contribution < 1.29 is 9.59 Å². The van der Waals surface area contributed by atoms with E-state index in [1.54, 1.807) is 30.0 Å². The van der Waals surface area contributed by atoms with Crippen LogP contribution in [0, 0.1) is 12.8 Å². The van der Waals surface area contributed by atoms with Crippen LogP contribution in [0.1, 0.15) is 43.0 Å². The second kappa shape index (κ2) is 6.00. The first-order valence-electron chi connectivity index (χ1n) is 7.88. The zero-order chi connectivity index (χ0) is 16.7. The number of ketones is 1. The smallest absolute Gasteiger partial charge is 0.264 e. The molecule has 1 fully saturated rings. The number of Topliss-reactive ketones (excluding diaryl/α,β-unsaturated/α-hetero) is 1. The number of halogens is 1. The summed E-state index contributed by atoms with van der Waals surface area (Å²) in [6.45, 7) is 5.72. The SMILES string of the molecule is [CH2]C1CCCC(N2C(=O)C(=C(C)N)C(=O)c3c(Cl)cccc32)C1. The Labute approximate surface area is 141 Å². The summed E-state index contributed by atoms with van der Waals surface area (Å²) in [5.74, 6) is -0.383. The molecule has 23 heavy (non-hydrogen) atoms. The van der Waals surface area contributed by atoms with E-state index < -0.39 is 0 Å². The van der Waals surface area contributed by atoms with Gasteiger partial charge in [0.2, 0.25) is 5.78 Å². The lowest BCUT2D eigenvalue weighted by molar-refractivity contribution is -0.115. The van der Waals surface area contributed by atoms with Crippen LogP contribution in [0.2, 0.25) is 5.02 Å². The van der Waals surface area contributed by atoms with Crippen molar-refractivity contribution in [3.05, 3.63) is 47.0 Å². The van der Waals surface area contributed by atoms with Crippen molar-refractivity contribution >= 4 is 29.0 Å². The van der Waals surface area contributed by atoms with Crippen LogP contribution in [0.4, 0.5) is 5.69 Å². The summed E-state index contributed by atoms with van der Waals surface area (Å²) in [4.78, 5) is 27.4. The molecule has 1 aromatic carbocycles. The lowest BCUT2D eigenvalue weighted by Crippen LogP contribution is -2.48. The zero-order valence-corrected chi connectivity index (χ0v) is 13.9. The van der Waals surface area contributed by atoms with Gasteiger partial charge >= 0.3 is 0 Å². The average molecular weight is 332 g/mol. The van der Waals surface area contributed by atoms with E-state index in [1.807, 2.05) is 0 Å². The van der Waals surface area contributed by atoms with Crippen LogP contribution in [-0.2, 0) is 4.79 Å². The molecule has 1 aromatic rings. The van der Waals surface area contributed by atoms with Crippen molar-refractivity contribution in [3.63, 3.8) is 0 Å². The largest absolute Gasteiger partial charge is 0.402 e. The van der Waals surface area contributed by atoms with Crippen LogP contribution in [0.3, 0.4) is 0 Å². The van der Waals surface area contributed by atoms with Crippen molar-refractivity contribution in [1.29, 1.82) is 0 Å². The van der Waals surface area contributed by atoms with Crippen molar-refractivity contribution in [3.8, 4) is 0 Å². The summed E-state index contributed by atoms with van der Waals surface area (Å²) in [5.41, 5.74) is 7.07. The number of amides is 1. The molecule has 1 radical (unpaired) electrons. The van der Waals surface area contributed by atoms with E-state index >= 15 is 0 Å². The van der Waals surface area contributed by atoms with Gasteiger partial charge in [-0.15, -0.1) is 0 Å². The number of carbonyl (C=O) groups excluding carboxylic acids is 2. The second-order valence-corrected chi connectivity index (χ2v) is 6.79. The van der Waals surface area contributed by atoms with Crippen LogP contribution in [0.5, 0.6) is 0 Å². The third-order valence-electron chi connectivity index (χ3n) is 4.65. The summed E-state index contributed by atoms with van der Waals surface area (Å²) >= 11 is 6.25.